The number of unbranched alkanes of at least 4 members (excludes halogenated alkanes) is 2. The minimum atomic E-state index is -0.192. The first-order valence-corrected chi connectivity index (χ1v) is 11.0. The molecule has 7 nitrogen and oxygen atoms in total. The number of pyridine rings is 1. The number of benzene rings is 1. The minimum Gasteiger partial charge on any atom is -0.496 e. The summed E-state index contributed by atoms with van der Waals surface area (Å²) in [4.78, 5) is 30.7. The third-order valence-corrected chi connectivity index (χ3v) is 5.75. The molecule has 2 N–H and O–H groups in total. The Morgan fingerprint density at radius 1 is 1.16 bits per heavy atom. The maximum absolute atomic E-state index is 13.0. The summed E-state index contributed by atoms with van der Waals surface area (Å²) in [5, 5.41) is 5.66. The Hall–Kier alpha value is -3.09. The lowest BCUT2D eigenvalue weighted by Gasteiger charge is -2.19. The molecule has 1 aliphatic heterocycles. The highest BCUT2D eigenvalue weighted by Crippen LogP contribution is 2.28. The number of urea groups is 1. The number of carbonyl (C=O) groups is 2. The summed E-state index contributed by atoms with van der Waals surface area (Å²) in [5.41, 5.74) is 2.37. The molecule has 0 saturated carbocycles. The molecular weight excluding hydrogens is 392 g/mol. The molecule has 1 saturated heterocycles. The molecule has 166 valence electrons. The molecule has 1 aromatic heterocycles. The van der Waals surface area contributed by atoms with Gasteiger partial charge in [-0.15, -0.1) is 0 Å². The normalized spacial score (nSPS) is 15.5. The van der Waals surface area contributed by atoms with E-state index in [0.29, 0.717) is 23.8 Å². The summed E-state index contributed by atoms with van der Waals surface area (Å²) < 4.78 is 5.40. The van der Waals surface area contributed by atoms with Gasteiger partial charge in [0.1, 0.15) is 5.75 Å². The molecule has 2 heterocycles. The van der Waals surface area contributed by atoms with Crippen LogP contribution in [0.3, 0.4) is 0 Å². The highest BCUT2D eigenvalue weighted by molar-refractivity contribution is 5.98. The number of methoxy groups -OCH3 is 1. The Bertz CT molecular complexity index is 872. The average molecular weight is 425 g/mol. The average Bonchev–Trinajstić information content (AvgIpc) is 3.25. The molecule has 3 rings (SSSR count). The monoisotopic (exact) mass is 424 g/mol. The predicted molar refractivity (Wildman–Crippen MR) is 121 cm³/mol. The van der Waals surface area contributed by atoms with Gasteiger partial charge in [0.25, 0.3) is 5.91 Å². The molecule has 1 aromatic carbocycles. The standard InChI is InChI=1S/C24H32N4O3/c1-18-7-6-9-21(31-2)22(18)23(29)28-16-12-19(17-28)8-4-3-5-13-26-24(30)27-20-10-14-25-15-11-20/h6-7,9-11,14-15,19H,3-5,8,12-13,16-17H2,1-2H3,(H2,25,26,27,30). The first-order valence-electron chi connectivity index (χ1n) is 11.0. The van der Waals surface area contributed by atoms with Gasteiger partial charge >= 0.3 is 6.03 Å². The summed E-state index contributed by atoms with van der Waals surface area (Å²) in [7, 11) is 1.61. The second-order valence-corrected chi connectivity index (χ2v) is 8.02. The van der Waals surface area contributed by atoms with Crippen LogP contribution in [0.25, 0.3) is 0 Å². The van der Waals surface area contributed by atoms with Crippen molar-refractivity contribution in [1.29, 1.82) is 0 Å². The van der Waals surface area contributed by atoms with E-state index in [4.69, 9.17) is 4.74 Å². The third-order valence-electron chi connectivity index (χ3n) is 5.75. The zero-order chi connectivity index (χ0) is 22.1. The number of aromatic nitrogens is 1. The molecule has 1 unspecified atom stereocenters. The quantitative estimate of drug-likeness (QED) is 0.590. The number of ether oxygens (including phenoxy) is 1. The first-order chi connectivity index (χ1) is 15.1. The topological polar surface area (TPSA) is 83.6 Å². The van der Waals surface area contributed by atoms with E-state index in [9.17, 15) is 9.59 Å². The van der Waals surface area contributed by atoms with Crippen LogP contribution in [0.1, 0.15) is 48.0 Å². The number of carbonyl (C=O) groups excluding carboxylic acids is 2. The van der Waals surface area contributed by atoms with Crippen LogP contribution in [0.2, 0.25) is 0 Å². The van der Waals surface area contributed by atoms with Gasteiger partial charge < -0.3 is 20.3 Å². The molecule has 31 heavy (non-hydrogen) atoms. The minimum absolute atomic E-state index is 0.0712. The maximum Gasteiger partial charge on any atom is 0.319 e. The number of hydrogen-bond acceptors (Lipinski definition) is 4. The summed E-state index contributed by atoms with van der Waals surface area (Å²) in [6.07, 6.45) is 8.55. The zero-order valence-electron chi connectivity index (χ0n) is 18.4. The molecule has 0 radical (unpaired) electrons. The molecule has 1 atom stereocenters. The Morgan fingerprint density at radius 2 is 1.97 bits per heavy atom. The van der Waals surface area contributed by atoms with Gasteiger partial charge in [-0.3, -0.25) is 9.78 Å². The van der Waals surface area contributed by atoms with Crippen molar-refractivity contribution >= 4 is 17.6 Å². The van der Waals surface area contributed by atoms with Gasteiger partial charge in [-0.1, -0.05) is 25.0 Å². The highest BCUT2D eigenvalue weighted by Gasteiger charge is 2.28. The molecular formula is C24H32N4O3. The van der Waals surface area contributed by atoms with Crippen LogP contribution in [0, 0.1) is 12.8 Å². The fraction of sp³-hybridized carbons (Fsp3) is 0.458. The van der Waals surface area contributed by atoms with Gasteiger partial charge in [0.05, 0.1) is 12.7 Å². The van der Waals surface area contributed by atoms with Crippen molar-refractivity contribution in [1.82, 2.24) is 15.2 Å². The van der Waals surface area contributed by atoms with Gasteiger partial charge in [-0.2, -0.15) is 0 Å². The number of nitrogens with one attached hydrogen (secondary N) is 2. The number of aryl methyl sites for hydroxylation is 1. The van der Waals surface area contributed by atoms with Crippen molar-refractivity contribution in [2.45, 2.75) is 39.0 Å². The summed E-state index contributed by atoms with van der Waals surface area (Å²) in [6, 6.07) is 9.03. The number of likely N-dealkylation sites (tertiary alicyclic amines) is 1. The van der Waals surface area contributed by atoms with Crippen molar-refractivity contribution < 1.29 is 14.3 Å². The molecule has 0 bridgehead atoms. The molecule has 7 heteroatoms. The van der Waals surface area contributed by atoms with Crippen LogP contribution < -0.4 is 15.4 Å². The number of nitrogens with zero attached hydrogens (tertiary/aromatic N) is 2. The fourth-order valence-corrected chi connectivity index (χ4v) is 4.04. The van der Waals surface area contributed by atoms with E-state index in [1.807, 2.05) is 30.0 Å². The van der Waals surface area contributed by atoms with Crippen LogP contribution in [0.4, 0.5) is 10.5 Å². The number of rotatable bonds is 9. The molecule has 0 spiro atoms. The van der Waals surface area contributed by atoms with Crippen molar-refractivity contribution in [2.24, 2.45) is 5.92 Å². The van der Waals surface area contributed by atoms with Crippen molar-refractivity contribution in [2.75, 3.05) is 32.1 Å². The fourth-order valence-electron chi connectivity index (χ4n) is 4.04. The Kier molecular flexibility index (Phi) is 8.27. The van der Waals surface area contributed by atoms with E-state index >= 15 is 0 Å². The highest BCUT2D eigenvalue weighted by atomic mass is 16.5. The van der Waals surface area contributed by atoms with Crippen LogP contribution >= 0.6 is 0 Å². The lowest BCUT2D eigenvalue weighted by atomic mass is 10.0. The Balaban J connectivity index is 1.32. The first kappa shape index (κ1) is 22.6. The van der Waals surface area contributed by atoms with Crippen molar-refractivity contribution in [3.05, 3.63) is 53.9 Å². The van der Waals surface area contributed by atoms with Gasteiger partial charge in [-0.25, -0.2) is 4.79 Å². The molecule has 2 aromatic rings. The largest absolute Gasteiger partial charge is 0.496 e. The number of hydrogen-bond donors (Lipinski definition) is 2. The predicted octanol–water partition coefficient (Wildman–Crippen LogP) is 4.24. The Morgan fingerprint density at radius 3 is 2.74 bits per heavy atom. The summed E-state index contributed by atoms with van der Waals surface area (Å²) in [5.74, 6) is 1.26. The summed E-state index contributed by atoms with van der Waals surface area (Å²) >= 11 is 0. The SMILES string of the molecule is COc1cccc(C)c1C(=O)N1CCC(CCCCCNC(=O)Nc2ccncc2)C1. The Labute approximate surface area is 184 Å². The van der Waals surface area contributed by atoms with Crippen LogP contribution in [-0.2, 0) is 0 Å². The van der Waals surface area contributed by atoms with Gasteiger partial charge in [0.15, 0.2) is 0 Å². The maximum atomic E-state index is 13.0. The van der Waals surface area contributed by atoms with E-state index < -0.39 is 0 Å². The smallest absolute Gasteiger partial charge is 0.319 e. The molecule has 1 fully saturated rings. The molecule has 1 aliphatic rings. The third kappa shape index (κ3) is 6.44. The second-order valence-electron chi connectivity index (χ2n) is 8.02. The van der Waals surface area contributed by atoms with Crippen LogP contribution in [0.5, 0.6) is 5.75 Å². The van der Waals surface area contributed by atoms with E-state index in [1.165, 1.54) is 0 Å². The second kappa shape index (κ2) is 11.3. The number of anilines is 1. The molecule has 0 aliphatic carbocycles. The number of amides is 3. The zero-order valence-corrected chi connectivity index (χ0v) is 18.4. The van der Waals surface area contributed by atoms with Gasteiger partial charge in [0.2, 0.25) is 0 Å². The van der Waals surface area contributed by atoms with Crippen molar-refractivity contribution in [3.8, 4) is 5.75 Å². The lowest BCUT2D eigenvalue weighted by molar-refractivity contribution is 0.0782. The van der Waals surface area contributed by atoms with Gasteiger partial charge in [-0.05, 0) is 55.9 Å². The van der Waals surface area contributed by atoms with E-state index in [0.717, 1.165) is 56.4 Å². The van der Waals surface area contributed by atoms with E-state index in [1.54, 1.807) is 31.6 Å². The van der Waals surface area contributed by atoms with Gasteiger partial charge in [0, 0.05) is 37.7 Å². The summed E-state index contributed by atoms with van der Waals surface area (Å²) in [6.45, 7) is 4.22. The lowest BCUT2D eigenvalue weighted by Crippen LogP contribution is -2.29. The van der Waals surface area contributed by atoms with Crippen LogP contribution in [-0.4, -0.2) is 48.6 Å². The van der Waals surface area contributed by atoms with Crippen LogP contribution in [0.15, 0.2) is 42.7 Å². The van der Waals surface area contributed by atoms with Crippen molar-refractivity contribution in [3.63, 3.8) is 0 Å². The van der Waals surface area contributed by atoms with E-state index in [2.05, 4.69) is 15.6 Å². The van der Waals surface area contributed by atoms with E-state index in [-0.39, 0.29) is 11.9 Å². The molecule has 3 amide bonds.